The van der Waals surface area contributed by atoms with E-state index in [0.29, 0.717) is 19.0 Å². The Labute approximate surface area is 142 Å². The second-order valence-electron chi connectivity index (χ2n) is 5.48. The van der Waals surface area contributed by atoms with Gasteiger partial charge in [-0.1, -0.05) is 6.07 Å². The van der Waals surface area contributed by atoms with Crippen LogP contribution in [0.1, 0.15) is 11.1 Å². The highest BCUT2D eigenvalue weighted by Gasteiger charge is 2.20. The molecule has 5 nitrogen and oxygen atoms in total. The molecule has 0 bridgehead atoms. The average molecular weight is 372 g/mol. The maximum Gasteiger partial charge on any atom is 0.387 e. The lowest BCUT2D eigenvalue weighted by molar-refractivity contribution is -0.0494. The molecule has 1 heterocycles. The Morgan fingerprint density at radius 2 is 1.92 bits per heavy atom. The number of rotatable bonds is 5. The summed E-state index contributed by atoms with van der Waals surface area (Å²) in [6.45, 7) is -1.80. The molecule has 3 rings (SSSR count). The largest absolute Gasteiger partial charge is 0.432 e. The third kappa shape index (κ3) is 4.05. The number of benzene rings is 2. The molecule has 9 heteroatoms. The van der Waals surface area contributed by atoms with Gasteiger partial charge in [-0.05, 0) is 48.4 Å². The first-order chi connectivity index (χ1) is 11.8. The van der Waals surface area contributed by atoms with Crippen LogP contribution in [0.25, 0.3) is 0 Å². The van der Waals surface area contributed by atoms with Crippen molar-refractivity contribution in [3.63, 3.8) is 0 Å². The number of hydrogen-bond donors (Lipinski definition) is 2. The lowest BCUT2D eigenvalue weighted by Gasteiger charge is -2.18. The number of nitrogens with one attached hydrogen (secondary N) is 2. The Hall–Kier alpha value is -2.26. The first-order valence-electron chi connectivity index (χ1n) is 7.45. The van der Waals surface area contributed by atoms with E-state index in [1.165, 1.54) is 6.07 Å². The van der Waals surface area contributed by atoms with E-state index in [1.54, 1.807) is 12.1 Å². The van der Waals surface area contributed by atoms with Crippen molar-refractivity contribution in [2.45, 2.75) is 24.5 Å². The molecule has 0 spiro atoms. The van der Waals surface area contributed by atoms with Gasteiger partial charge in [-0.25, -0.2) is 12.8 Å². The van der Waals surface area contributed by atoms with Crippen LogP contribution in [0.3, 0.4) is 0 Å². The molecule has 0 saturated heterocycles. The molecule has 0 atom stereocenters. The van der Waals surface area contributed by atoms with Crippen molar-refractivity contribution in [3.8, 4) is 5.75 Å². The molecule has 2 aromatic rings. The lowest BCUT2D eigenvalue weighted by atomic mass is 10.0. The van der Waals surface area contributed by atoms with E-state index < -0.39 is 28.2 Å². The maximum atomic E-state index is 13.2. The smallest absolute Gasteiger partial charge is 0.387 e. The maximum absolute atomic E-state index is 13.2. The topological polar surface area (TPSA) is 67.4 Å². The highest BCUT2D eigenvalue weighted by atomic mass is 32.2. The van der Waals surface area contributed by atoms with Crippen LogP contribution in [0.2, 0.25) is 0 Å². The minimum Gasteiger partial charge on any atom is -0.432 e. The van der Waals surface area contributed by atoms with Gasteiger partial charge in [0.1, 0.15) is 5.82 Å². The fourth-order valence-electron chi connectivity index (χ4n) is 2.60. The summed E-state index contributed by atoms with van der Waals surface area (Å²) in [7, 11) is -4.04. The second-order valence-corrected chi connectivity index (χ2v) is 7.16. The molecule has 134 valence electrons. The van der Waals surface area contributed by atoms with Gasteiger partial charge in [0.2, 0.25) is 0 Å². The molecule has 0 unspecified atom stereocenters. The van der Waals surface area contributed by atoms with Crippen molar-refractivity contribution in [2.24, 2.45) is 0 Å². The molecule has 0 aliphatic carbocycles. The molecule has 0 saturated carbocycles. The Morgan fingerprint density at radius 3 is 2.68 bits per heavy atom. The molecule has 2 N–H and O–H groups in total. The van der Waals surface area contributed by atoms with Gasteiger partial charge >= 0.3 is 6.61 Å². The Bertz CT molecular complexity index is 888. The summed E-state index contributed by atoms with van der Waals surface area (Å²) in [4.78, 5) is 0.000437. The van der Waals surface area contributed by atoms with Crippen LogP contribution < -0.4 is 14.8 Å². The molecule has 0 amide bonds. The fourth-order valence-corrected chi connectivity index (χ4v) is 3.72. The van der Waals surface area contributed by atoms with Crippen LogP contribution in [0.4, 0.5) is 18.9 Å². The summed E-state index contributed by atoms with van der Waals surface area (Å²) in [5, 5.41) is 3.18. The van der Waals surface area contributed by atoms with Gasteiger partial charge in [0.05, 0.1) is 10.6 Å². The van der Waals surface area contributed by atoms with Crippen LogP contribution in [-0.2, 0) is 23.0 Å². The molecule has 1 aliphatic rings. The fraction of sp³-hybridized carbons (Fsp3) is 0.250. The number of sulfonamides is 1. The van der Waals surface area contributed by atoms with Crippen molar-refractivity contribution in [2.75, 3.05) is 11.3 Å². The van der Waals surface area contributed by atoms with Gasteiger partial charge in [-0.15, -0.1) is 0 Å². The summed E-state index contributed by atoms with van der Waals surface area (Å²) >= 11 is 0. The molecule has 0 fully saturated rings. The van der Waals surface area contributed by atoms with E-state index in [0.717, 1.165) is 29.8 Å². The first kappa shape index (κ1) is 17.6. The van der Waals surface area contributed by atoms with Gasteiger partial charge < -0.3 is 10.1 Å². The van der Waals surface area contributed by atoms with Crippen LogP contribution in [-0.4, -0.2) is 21.6 Å². The summed E-state index contributed by atoms with van der Waals surface area (Å²) in [5.74, 6) is -1.40. The normalized spacial score (nSPS) is 14.2. The first-order valence-corrected chi connectivity index (χ1v) is 8.93. The van der Waals surface area contributed by atoms with E-state index in [2.05, 4.69) is 14.8 Å². The Balaban J connectivity index is 1.92. The van der Waals surface area contributed by atoms with Crippen molar-refractivity contribution in [1.82, 2.24) is 5.32 Å². The van der Waals surface area contributed by atoms with Gasteiger partial charge in [0.25, 0.3) is 10.0 Å². The van der Waals surface area contributed by atoms with Crippen molar-refractivity contribution in [3.05, 3.63) is 53.3 Å². The zero-order valence-electron chi connectivity index (χ0n) is 12.9. The summed E-state index contributed by atoms with van der Waals surface area (Å²) in [5.41, 5.74) is 1.65. The van der Waals surface area contributed by atoms with E-state index in [9.17, 15) is 21.6 Å². The van der Waals surface area contributed by atoms with E-state index >= 15 is 0 Å². The molecule has 2 aromatic carbocycles. The van der Waals surface area contributed by atoms with Gasteiger partial charge in [0, 0.05) is 12.6 Å². The van der Waals surface area contributed by atoms with E-state index in [-0.39, 0.29) is 10.6 Å². The third-order valence-electron chi connectivity index (χ3n) is 3.78. The minimum absolute atomic E-state index is 0.000437. The number of ether oxygens (including phenoxy) is 1. The van der Waals surface area contributed by atoms with Crippen LogP contribution in [0.5, 0.6) is 5.75 Å². The van der Waals surface area contributed by atoms with Crippen molar-refractivity contribution in [1.29, 1.82) is 0 Å². The van der Waals surface area contributed by atoms with Gasteiger partial charge in [-0.2, -0.15) is 8.78 Å². The number of anilines is 1. The monoisotopic (exact) mass is 372 g/mol. The van der Waals surface area contributed by atoms with Gasteiger partial charge in [0.15, 0.2) is 5.75 Å². The van der Waals surface area contributed by atoms with Crippen LogP contribution >= 0.6 is 0 Å². The molecule has 25 heavy (non-hydrogen) atoms. The predicted molar refractivity (Wildman–Crippen MR) is 85.7 cm³/mol. The zero-order valence-corrected chi connectivity index (χ0v) is 13.7. The summed E-state index contributed by atoms with van der Waals surface area (Å²) in [6.07, 6.45) is 0.689. The van der Waals surface area contributed by atoms with Crippen molar-refractivity contribution >= 4 is 15.7 Å². The Morgan fingerprint density at radius 1 is 1.12 bits per heavy atom. The molecule has 0 aromatic heterocycles. The molecular weight excluding hydrogens is 357 g/mol. The highest BCUT2D eigenvalue weighted by molar-refractivity contribution is 7.92. The number of alkyl halides is 2. The summed E-state index contributed by atoms with van der Waals surface area (Å²) < 4.78 is 69.6. The average Bonchev–Trinajstić information content (AvgIpc) is 2.56. The second kappa shape index (κ2) is 6.93. The summed E-state index contributed by atoms with van der Waals surface area (Å²) in [6, 6.07) is 7.38. The van der Waals surface area contributed by atoms with Gasteiger partial charge in [-0.3, -0.25) is 4.72 Å². The highest BCUT2D eigenvalue weighted by Crippen LogP contribution is 2.30. The van der Waals surface area contributed by atoms with Crippen LogP contribution in [0.15, 0.2) is 41.3 Å². The van der Waals surface area contributed by atoms with Crippen LogP contribution in [0, 0.1) is 5.82 Å². The standard InChI is InChI=1S/C16H15F3N2O3S/c17-12-2-4-14(15(8-12)24-16(18)19)21-25(22,23)13-3-1-11-9-20-6-5-10(11)7-13/h1-4,7-8,16,20-21H,5-6,9H2. The molecule has 1 aliphatic heterocycles. The SMILES string of the molecule is O=S(=O)(Nc1ccc(F)cc1OC(F)F)c1ccc2c(c1)CCNC2. The van der Waals surface area contributed by atoms with E-state index in [4.69, 9.17) is 0 Å². The predicted octanol–water partition coefficient (Wildman–Crippen LogP) is 2.87. The molecule has 0 radical (unpaired) electrons. The number of fused-ring (bicyclic) bond motifs is 1. The number of hydrogen-bond acceptors (Lipinski definition) is 4. The lowest BCUT2D eigenvalue weighted by Crippen LogP contribution is -2.24. The Kier molecular flexibility index (Phi) is 4.87. The van der Waals surface area contributed by atoms with Crippen molar-refractivity contribution < 1.29 is 26.3 Å². The molecular formula is C16H15F3N2O3S. The zero-order chi connectivity index (χ0) is 18.0. The van der Waals surface area contributed by atoms with E-state index in [1.807, 2.05) is 0 Å². The third-order valence-corrected chi connectivity index (χ3v) is 5.14. The minimum atomic E-state index is -4.04. The quantitative estimate of drug-likeness (QED) is 0.847. The number of halogens is 3.